The minimum Gasteiger partial charge on any atom is -0.396 e. The van der Waals surface area contributed by atoms with Gasteiger partial charge in [-0.2, -0.15) is 0 Å². The maximum absolute atomic E-state index is 12.1. The molecule has 0 radical (unpaired) electrons. The highest BCUT2D eigenvalue weighted by Gasteiger charge is 2.31. The number of aromatic nitrogens is 1. The number of aliphatic hydroxyl groups is 1. The lowest BCUT2D eigenvalue weighted by Gasteiger charge is -2.37. The standard InChI is InChI=1S/C14H14N2O2/c17-9-10-7-16(8-10)14(18)13-6-5-11-3-1-2-4-12(11)15-13/h1-6,10,17H,7-9H2. The van der Waals surface area contributed by atoms with E-state index in [-0.39, 0.29) is 18.4 Å². The Kier molecular flexibility index (Phi) is 2.72. The van der Waals surface area contributed by atoms with Crippen molar-refractivity contribution >= 4 is 16.8 Å². The topological polar surface area (TPSA) is 53.4 Å². The Morgan fingerprint density at radius 2 is 2.06 bits per heavy atom. The van der Waals surface area contributed by atoms with Crippen LogP contribution >= 0.6 is 0 Å². The van der Waals surface area contributed by atoms with Crippen molar-refractivity contribution in [1.82, 2.24) is 9.88 Å². The van der Waals surface area contributed by atoms with Gasteiger partial charge in [-0.1, -0.05) is 24.3 Å². The van der Waals surface area contributed by atoms with E-state index in [9.17, 15) is 4.79 Å². The zero-order valence-corrected chi connectivity index (χ0v) is 9.91. The molecule has 1 aromatic heterocycles. The van der Waals surface area contributed by atoms with Gasteiger partial charge >= 0.3 is 0 Å². The van der Waals surface area contributed by atoms with Crippen molar-refractivity contribution in [2.45, 2.75) is 0 Å². The zero-order valence-electron chi connectivity index (χ0n) is 9.91. The first-order chi connectivity index (χ1) is 8.78. The normalized spacial score (nSPS) is 15.7. The molecule has 4 nitrogen and oxygen atoms in total. The van der Waals surface area contributed by atoms with Gasteiger partial charge in [-0.05, 0) is 12.1 Å². The van der Waals surface area contributed by atoms with Gasteiger partial charge in [0, 0.05) is 31.0 Å². The third kappa shape index (κ3) is 1.84. The molecule has 18 heavy (non-hydrogen) atoms. The van der Waals surface area contributed by atoms with E-state index in [0.29, 0.717) is 18.8 Å². The summed E-state index contributed by atoms with van der Waals surface area (Å²) in [6.07, 6.45) is 0. The number of aliphatic hydroxyl groups excluding tert-OH is 1. The number of nitrogens with zero attached hydrogens (tertiary/aromatic N) is 2. The van der Waals surface area contributed by atoms with E-state index in [0.717, 1.165) is 10.9 Å². The van der Waals surface area contributed by atoms with Crippen LogP contribution < -0.4 is 0 Å². The zero-order chi connectivity index (χ0) is 12.5. The van der Waals surface area contributed by atoms with Crippen LogP contribution in [0.25, 0.3) is 10.9 Å². The largest absolute Gasteiger partial charge is 0.396 e. The summed E-state index contributed by atoms with van der Waals surface area (Å²) >= 11 is 0. The molecule has 3 rings (SSSR count). The number of benzene rings is 1. The van der Waals surface area contributed by atoms with E-state index < -0.39 is 0 Å². The molecule has 2 heterocycles. The quantitative estimate of drug-likeness (QED) is 0.863. The SMILES string of the molecule is O=C(c1ccc2ccccc2n1)N1CC(CO)C1. The number of carbonyl (C=O) groups is 1. The Morgan fingerprint density at radius 1 is 1.28 bits per heavy atom. The number of hydrogen-bond acceptors (Lipinski definition) is 3. The molecule has 0 bridgehead atoms. The van der Waals surface area contributed by atoms with Crippen molar-refractivity contribution in [3.05, 3.63) is 42.1 Å². The molecule has 0 unspecified atom stereocenters. The van der Waals surface area contributed by atoms with Crippen LogP contribution in [0.1, 0.15) is 10.5 Å². The average Bonchev–Trinajstić information content (AvgIpc) is 2.37. The predicted octanol–water partition coefficient (Wildman–Crippen LogP) is 1.30. The Morgan fingerprint density at radius 3 is 2.83 bits per heavy atom. The van der Waals surface area contributed by atoms with E-state index in [1.54, 1.807) is 11.0 Å². The number of hydrogen-bond donors (Lipinski definition) is 1. The van der Waals surface area contributed by atoms with Crippen LogP contribution in [0, 0.1) is 5.92 Å². The lowest BCUT2D eigenvalue weighted by molar-refractivity contribution is 0.0357. The van der Waals surface area contributed by atoms with Gasteiger partial charge in [-0.15, -0.1) is 0 Å². The highest BCUT2D eigenvalue weighted by atomic mass is 16.3. The van der Waals surface area contributed by atoms with E-state index in [1.165, 1.54) is 0 Å². The number of likely N-dealkylation sites (tertiary alicyclic amines) is 1. The molecule has 1 saturated heterocycles. The Hall–Kier alpha value is -1.94. The van der Waals surface area contributed by atoms with Gasteiger partial charge in [-0.25, -0.2) is 4.98 Å². The van der Waals surface area contributed by atoms with Gasteiger partial charge < -0.3 is 10.0 Å². The van der Waals surface area contributed by atoms with Crippen LogP contribution in [-0.4, -0.2) is 40.6 Å². The smallest absolute Gasteiger partial charge is 0.272 e. The lowest BCUT2D eigenvalue weighted by atomic mass is 10.0. The third-order valence-corrected chi connectivity index (χ3v) is 3.32. The molecular weight excluding hydrogens is 228 g/mol. The Labute approximate surface area is 105 Å². The molecule has 92 valence electrons. The number of carbonyl (C=O) groups excluding carboxylic acids is 1. The molecule has 1 aliphatic heterocycles. The molecule has 0 aliphatic carbocycles. The summed E-state index contributed by atoms with van der Waals surface area (Å²) in [4.78, 5) is 18.2. The summed E-state index contributed by atoms with van der Waals surface area (Å²) in [5.41, 5.74) is 1.31. The van der Waals surface area contributed by atoms with Gasteiger partial charge in [-0.3, -0.25) is 4.79 Å². The predicted molar refractivity (Wildman–Crippen MR) is 68.2 cm³/mol. The second-order valence-corrected chi connectivity index (χ2v) is 4.65. The summed E-state index contributed by atoms with van der Waals surface area (Å²) in [6, 6.07) is 11.4. The van der Waals surface area contributed by atoms with Crippen LogP contribution in [0.3, 0.4) is 0 Å². The van der Waals surface area contributed by atoms with Crippen molar-refractivity contribution in [2.24, 2.45) is 5.92 Å². The van der Waals surface area contributed by atoms with E-state index >= 15 is 0 Å². The average molecular weight is 242 g/mol. The number of para-hydroxylation sites is 1. The number of amides is 1. The Balaban J connectivity index is 1.84. The molecule has 1 fully saturated rings. The lowest BCUT2D eigenvalue weighted by Crippen LogP contribution is -2.51. The van der Waals surface area contributed by atoms with Crippen LogP contribution in [0.15, 0.2) is 36.4 Å². The minimum absolute atomic E-state index is 0.0505. The second kappa shape index (κ2) is 4.38. The third-order valence-electron chi connectivity index (χ3n) is 3.32. The number of rotatable bonds is 2. The fourth-order valence-corrected chi connectivity index (χ4v) is 2.20. The van der Waals surface area contributed by atoms with Gasteiger partial charge in [0.15, 0.2) is 0 Å². The van der Waals surface area contributed by atoms with Gasteiger partial charge in [0.25, 0.3) is 5.91 Å². The van der Waals surface area contributed by atoms with Crippen molar-refractivity contribution in [3.8, 4) is 0 Å². The van der Waals surface area contributed by atoms with Gasteiger partial charge in [0.05, 0.1) is 5.52 Å². The molecule has 1 aromatic carbocycles. The fraction of sp³-hybridized carbons (Fsp3) is 0.286. The van der Waals surface area contributed by atoms with E-state index in [1.807, 2.05) is 30.3 Å². The first-order valence-corrected chi connectivity index (χ1v) is 6.04. The van der Waals surface area contributed by atoms with Crippen molar-refractivity contribution in [3.63, 3.8) is 0 Å². The van der Waals surface area contributed by atoms with Crippen LogP contribution in [-0.2, 0) is 0 Å². The number of fused-ring (bicyclic) bond motifs is 1. The fourth-order valence-electron chi connectivity index (χ4n) is 2.20. The molecule has 1 N–H and O–H groups in total. The Bertz CT molecular complexity index is 591. The maximum Gasteiger partial charge on any atom is 0.272 e. The molecular formula is C14H14N2O2. The first kappa shape index (κ1) is 11.2. The highest BCUT2D eigenvalue weighted by molar-refractivity contribution is 5.95. The molecule has 0 atom stereocenters. The summed E-state index contributed by atoms with van der Waals surface area (Å²) < 4.78 is 0. The monoisotopic (exact) mass is 242 g/mol. The molecule has 0 spiro atoms. The van der Waals surface area contributed by atoms with Gasteiger partial charge in [0.1, 0.15) is 5.69 Å². The maximum atomic E-state index is 12.1. The van der Waals surface area contributed by atoms with Gasteiger partial charge in [0.2, 0.25) is 0 Å². The van der Waals surface area contributed by atoms with Crippen molar-refractivity contribution < 1.29 is 9.90 Å². The van der Waals surface area contributed by atoms with E-state index in [4.69, 9.17) is 5.11 Å². The second-order valence-electron chi connectivity index (χ2n) is 4.65. The van der Waals surface area contributed by atoms with Crippen LogP contribution in [0.2, 0.25) is 0 Å². The molecule has 4 heteroatoms. The van der Waals surface area contributed by atoms with Crippen LogP contribution in [0.5, 0.6) is 0 Å². The van der Waals surface area contributed by atoms with Crippen molar-refractivity contribution in [2.75, 3.05) is 19.7 Å². The summed E-state index contributed by atoms with van der Waals surface area (Å²) in [5, 5.41) is 9.98. The summed E-state index contributed by atoms with van der Waals surface area (Å²) in [6.45, 7) is 1.41. The first-order valence-electron chi connectivity index (χ1n) is 6.04. The van der Waals surface area contributed by atoms with Crippen LogP contribution in [0.4, 0.5) is 0 Å². The highest BCUT2D eigenvalue weighted by Crippen LogP contribution is 2.19. The molecule has 1 amide bonds. The van der Waals surface area contributed by atoms with E-state index in [2.05, 4.69) is 4.98 Å². The van der Waals surface area contributed by atoms with Crippen molar-refractivity contribution in [1.29, 1.82) is 0 Å². The number of pyridine rings is 1. The molecule has 0 saturated carbocycles. The molecule has 1 aliphatic rings. The summed E-state index contributed by atoms with van der Waals surface area (Å²) in [5.74, 6) is 0.180. The minimum atomic E-state index is -0.0505. The summed E-state index contributed by atoms with van der Waals surface area (Å²) in [7, 11) is 0. The molecule has 2 aromatic rings.